The largest absolute Gasteiger partial charge is 0.383 e. The summed E-state index contributed by atoms with van der Waals surface area (Å²) < 4.78 is 15.7. The molecule has 7 heteroatoms. The minimum Gasteiger partial charge on any atom is -0.383 e. The summed E-state index contributed by atoms with van der Waals surface area (Å²) in [6.07, 6.45) is 1.40. The quantitative estimate of drug-likeness (QED) is 0.709. The van der Waals surface area contributed by atoms with E-state index in [-0.39, 0.29) is 30.4 Å². The van der Waals surface area contributed by atoms with E-state index in [1.807, 2.05) is 0 Å². The molecule has 120 valence electrons. The second kappa shape index (κ2) is 8.31. The fourth-order valence-electron chi connectivity index (χ4n) is 2.54. The van der Waals surface area contributed by atoms with Gasteiger partial charge in [0, 0.05) is 45.9 Å². The van der Waals surface area contributed by atoms with Crippen molar-refractivity contribution in [2.45, 2.75) is 18.9 Å². The van der Waals surface area contributed by atoms with Gasteiger partial charge in [-0.3, -0.25) is 9.59 Å². The predicted molar refractivity (Wildman–Crippen MR) is 74.7 cm³/mol. The number of carbonyl (C=O) groups is 2. The van der Waals surface area contributed by atoms with Crippen LogP contribution in [0.15, 0.2) is 0 Å². The summed E-state index contributed by atoms with van der Waals surface area (Å²) in [5, 5.41) is 2.92. The summed E-state index contributed by atoms with van der Waals surface area (Å²) in [7, 11) is 1.61. The SMILES string of the molecule is COCCN1CC(CNC(=O)C2CCOCC2)OCC1=O. The Morgan fingerprint density at radius 2 is 2.19 bits per heavy atom. The third kappa shape index (κ3) is 4.94. The fourth-order valence-corrected chi connectivity index (χ4v) is 2.54. The summed E-state index contributed by atoms with van der Waals surface area (Å²) in [5.41, 5.74) is 0. The van der Waals surface area contributed by atoms with Crippen molar-refractivity contribution in [3.05, 3.63) is 0 Å². The summed E-state index contributed by atoms with van der Waals surface area (Å²) in [6.45, 7) is 3.37. The molecule has 1 N–H and O–H groups in total. The first-order valence-electron chi connectivity index (χ1n) is 7.44. The average molecular weight is 300 g/mol. The molecular weight excluding hydrogens is 276 g/mol. The van der Waals surface area contributed by atoms with E-state index < -0.39 is 0 Å². The predicted octanol–water partition coefficient (Wildman–Crippen LogP) is -0.597. The van der Waals surface area contributed by atoms with Gasteiger partial charge in [-0.15, -0.1) is 0 Å². The molecular formula is C14H24N2O5. The summed E-state index contributed by atoms with van der Waals surface area (Å²) in [4.78, 5) is 25.4. The lowest BCUT2D eigenvalue weighted by molar-refractivity contribution is -0.149. The molecule has 0 radical (unpaired) electrons. The smallest absolute Gasteiger partial charge is 0.248 e. The maximum Gasteiger partial charge on any atom is 0.248 e. The van der Waals surface area contributed by atoms with Crippen LogP contribution >= 0.6 is 0 Å². The Labute approximate surface area is 124 Å². The topological polar surface area (TPSA) is 77.1 Å². The van der Waals surface area contributed by atoms with Gasteiger partial charge in [0.05, 0.1) is 12.7 Å². The number of carbonyl (C=O) groups excluding carboxylic acids is 2. The Morgan fingerprint density at radius 3 is 2.90 bits per heavy atom. The highest BCUT2D eigenvalue weighted by atomic mass is 16.5. The second-order valence-corrected chi connectivity index (χ2v) is 5.40. The number of morpholine rings is 1. The van der Waals surface area contributed by atoms with E-state index in [1.165, 1.54) is 0 Å². The third-order valence-corrected chi connectivity index (χ3v) is 3.88. The van der Waals surface area contributed by atoms with Gasteiger partial charge in [-0.25, -0.2) is 0 Å². The van der Waals surface area contributed by atoms with Gasteiger partial charge in [-0.2, -0.15) is 0 Å². The van der Waals surface area contributed by atoms with Crippen LogP contribution in [0.25, 0.3) is 0 Å². The normalized spacial score (nSPS) is 24.1. The van der Waals surface area contributed by atoms with Crippen molar-refractivity contribution in [1.29, 1.82) is 0 Å². The van der Waals surface area contributed by atoms with Gasteiger partial charge in [0.1, 0.15) is 6.61 Å². The van der Waals surface area contributed by atoms with Crippen molar-refractivity contribution in [1.82, 2.24) is 10.2 Å². The highest BCUT2D eigenvalue weighted by Crippen LogP contribution is 2.14. The lowest BCUT2D eigenvalue weighted by Crippen LogP contribution is -2.51. The number of hydrogen-bond acceptors (Lipinski definition) is 5. The van der Waals surface area contributed by atoms with Gasteiger partial charge in [-0.1, -0.05) is 0 Å². The molecule has 21 heavy (non-hydrogen) atoms. The van der Waals surface area contributed by atoms with E-state index in [9.17, 15) is 9.59 Å². The van der Waals surface area contributed by atoms with Gasteiger partial charge in [0.25, 0.3) is 0 Å². The lowest BCUT2D eigenvalue weighted by atomic mass is 9.99. The number of nitrogens with one attached hydrogen (secondary N) is 1. The van der Waals surface area contributed by atoms with Crippen LogP contribution in [0.2, 0.25) is 0 Å². The molecule has 0 aromatic carbocycles. The van der Waals surface area contributed by atoms with Crippen molar-refractivity contribution >= 4 is 11.8 Å². The van der Waals surface area contributed by atoms with Crippen molar-refractivity contribution in [3.63, 3.8) is 0 Å². The minimum absolute atomic E-state index is 0.0287. The Morgan fingerprint density at radius 1 is 1.43 bits per heavy atom. The third-order valence-electron chi connectivity index (χ3n) is 3.88. The molecule has 0 saturated carbocycles. The van der Waals surface area contributed by atoms with Gasteiger partial charge in [0.15, 0.2) is 0 Å². The lowest BCUT2D eigenvalue weighted by Gasteiger charge is -2.33. The number of methoxy groups -OCH3 is 1. The van der Waals surface area contributed by atoms with E-state index in [1.54, 1.807) is 12.0 Å². The molecule has 0 aliphatic carbocycles. The molecule has 2 aliphatic rings. The van der Waals surface area contributed by atoms with E-state index >= 15 is 0 Å². The molecule has 0 bridgehead atoms. The minimum atomic E-state index is -0.150. The van der Waals surface area contributed by atoms with E-state index in [4.69, 9.17) is 14.2 Å². The molecule has 1 unspecified atom stereocenters. The molecule has 2 rings (SSSR count). The standard InChI is InChI=1S/C14H24N2O5/c1-19-7-4-16-9-12(21-10-13(16)17)8-15-14(18)11-2-5-20-6-3-11/h11-12H,2-10H2,1H3,(H,15,18). The van der Waals surface area contributed by atoms with Gasteiger partial charge >= 0.3 is 0 Å². The Balaban J connectivity index is 1.72. The van der Waals surface area contributed by atoms with Gasteiger partial charge in [0.2, 0.25) is 11.8 Å². The number of rotatable bonds is 6. The zero-order chi connectivity index (χ0) is 15.1. The van der Waals surface area contributed by atoms with Crippen LogP contribution in [0.5, 0.6) is 0 Å². The molecule has 0 spiro atoms. The van der Waals surface area contributed by atoms with E-state index in [0.717, 1.165) is 12.8 Å². The number of amides is 2. The summed E-state index contributed by atoms with van der Waals surface area (Å²) in [5.74, 6) is 0.0647. The van der Waals surface area contributed by atoms with Crippen LogP contribution in [0.4, 0.5) is 0 Å². The van der Waals surface area contributed by atoms with Crippen molar-refractivity contribution in [3.8, 4) is 0 Å². The molecule has 2 saturated heterocycles. The maximum absolute atomic E-state index is 12.0. The molecule has 0 aromatic rings. The van der Waals surface area contributed by atoms with Gasteiger partial charge in [-0.05, 0) is 12.8 Å². The maximum atomic E-state index is 12.0. The monoisotopic (exact) mass is 300 g/mol. The summed E-state index contributed by atoms with van der Waals surface area (Å²) >= 11 is 0. The molecule has 7 nitrogen and oxygen atoms in total. The van der Waals surface area contributed by atoms with Crippen molar-refractivity contribution < 1.29 is 23.8 Å². The molecule has 2 aliphatic heterocycles. The van der Waals surface area contributed by atoms with E-state index in [0.29, 0.717) is 39.5 Å². The van der Waals surface area contributed by atoms with Crippen LogP contribution in [0, 0.1) is 5.92 Å². The highest BCUT2D eigenvalue weighted by molar-refractivity contribution is 5.79. The Hall–Kier alpha value is -1.18. The Kier molecular flexibility index (Phi) is 6.41. The first-order chi connectivity index (χ1) is 10.2. The summed E-state index contributed by atoms with van der Waals surface area (Å²) in [6, 6.07) is 0. The van der Waals surface area contributed by atoms with Crippen LogP contribution in [-0.2, 0) is 23.8 Å². The second-order valence-electron chi connectivity index (χ2n) is 5.40. The molecule has 2 fully saturated rings. The van der Waals surface area contributed by atoms with Crippen LogP contribution in [-0.4, -0.2) is 76.0 Å². The van der Waals surface area contributed by atoms with Gasteiger partial charge < -0.3 is 24.4 Å². The molecule has 2 amide bonds. The molecule has 0 aromatic heterocycles. The average Bonchev–Trinajstić information content (AvgIpc) is 2.53. The molecule has 2 heterocycles. The zero-order valence-corrected chi connectivity index (χ0v) is 12.5. The van der Waals surface area contributed by atoms with E-state index in [2.05, 4.69) is 5.32 Å². The Bertz CT molecular complexity index is 357. The van der Waals surface area contributed by atoms with Crippen molar-refractivity contribution in [2.75, 3.05) is 53.2 Å². The fraction of sp³-hybridized carbons (Fsp3) is 0.857. The highest BCUT2D eigenvalue weighted by Gasteiger charge is 2.27. The van der Waals surface area contributed by atoms with Crippen LogP contribution in [0.3, 0.4) is 0 Å². The first kappa shape index (κ1) is 16.2. The number of ether oxygens (including phenoxy) is 3. The number of nitrogens with zero attached hydrogens (tertiary/aromatic N) is 1. The molecule has 1 atom stereocenters. The van der Waals surface area contributed by atoms with Crippen LogP contribution < -0.4 is 5.32 Å². The number of hydrogen-bond donors (Lipinski definition) is 1. The van der Waals surface area contributed by atoms with Crippen molar-refractivity contribution in [2.24, 2.45) is 5.92 Å². The van der Waals surface area contributed by atoms with Crippen LogP contribution in [0.1, 0.15) is 12.8 Å². The zero-order valence-electron chi connectivity index (χ0n) is 12.5. The first-order valence-corrected chi connectivity index (χ1v) is 7.44.